The van der Waals surface area contributed by atoms with Crippen LogP contribution in [0.1, 0.15) is 32.1 Å². The highest BCUT2D eigenvalue weighted by Crippen LogP contribution is 2.34. The molecule has 2 aliphatic rings. The zero-order chi connectivity index (χ0) is 14.1. The molecule has 1 amide bonds. The number of phenols is 1. The fourth-order valence-electron chi connectivity index (χ4n) is 3.35. The van der Waals surface area contributed by atoms with Gasteiger partial charge in [-0.3, -0.25) is 4.79 Å². The summed E-state index contributed by atoms with van der Waals surface area (Å²) in [7, 11) is 0. The summed E-state index contributed by atoms with van der Waals surface area (Å²) in [6.07, 6.45) is 5.85. The number of aromatic hydroxyl groups is 1. The Bertz CT molecular complexity index is 512. The van der Waals surface area contributed by atoms with Crippen LogP contribution in [-0.2, 0) is 4.79 Å². The number of amides is 1. The van der Waals surface area contributed by atoms with Crippen LogP contribution in [0.3, 0.4) is 0 Å². The Kier molecular flexibility index (Phi) is 5.52. The third-order valence-electron chi connectivity index (χ3n) is 4.40. The standard InChI is InChI=1S/C15H19BrN2O2.ClH/c16-10-5-6-14(19)12(8-10)18-15(20)13-7-9-3-1-2-4-11(9)17-13;/h5-6,8-9,11,13,17,19H,1-4,7H2,(H,18,20);1H. The molecular formula is C15H20BrClN2O2. The first-order valence-electron chi connectivity index (χ1n) is 7.19. The molecule has 1 saturated heterocycles. The number of benzene rings is 1. The average molecular weight is 376 g/mol. The van der Waals surface area contributed by atoms with Crippen molar-refractivity contribution in [2.24, 2.45) is 5.92 Å². The van der Waals surface area contributed by atoms with Crippen LogP contribution in [0.5, 0.6) is 5.75 Å². The number of fused-ring (bicyclic) bond motifs is 1. The number of carbonyl (C=O) groups excluding carboxylic acids is 1. The van der Waals surface area contributed by atoms with Gasteiger partial charge >= 0.3 is 0 Å². The molecule has 2 fully saturated rings. The molecule has 1 saturated carbocycles. The summed E-state index contributed by atoms with van der Waals surface area (Å²) in [5.74, 6) is 0.681. The van der Waals surface area contributed by atoms with E-state index < -0.39 is 0 Å². The lowest BCUT2D eigenvalue weighted by Crippen LogP contribution is -2.39. The molecule has 1 heterocycles. The van der Waals surface area contributed by atoms with Crippen LogP contribution in [0, 0.1) is 5.92 Å². The molecule has 0 aromatic heterocycles. The smallest absolute Gasteiger partial charge is 0.241 e. The van der Waals surface area contributed by atoms with Gasteiger partial charge in [0, 0.05) is 10.5 Å². The first-order valence-corrected chi connectivity index (χ1v) is 7.98. The number of hydrogen-bond acceptors (Lipinski definition) is 3. The van der Waals surface area contributed by atoms with Gasteiger partial charge < -0.3 is 15.7 Å². The van der Waals surface area contributed by atoms with Gasteiger partial charge in [0.25, 0.3) is 0 Å². The first-order chi connectivity index (χ1) is 9.63. The van der Waals surface area contributed by atoms with E-state index in [1.54, 1.807) is 18.2 Å². The molecule has 116 valence electrons. The average Bonchev–Trinajstić information content (AvgIpc) is 2.87. The number of hydrogen-bond donors (Lipinski definition) is 3. The van der Waals surface area contributed by atoms with Crippen LogP contribution in [-0.4, -0.2) is 23.1 Å². The number of rotatable bonds is 2. The highest BCUT2D eigenvalue weighted by atomic mass is 79.9. The molecule has 3 atom stereocenters. The maximum Gasteiger partial charge on any atom is 0.241 e. The minimum atomic E-state index is -0.138. The zero-order valence-corrected chi connectivity index (χ0v) is 14.0. The molecule has 3 unspecified atom stereocenters. The molecule has 0 spiro atoms. The molecule has 6 heteroatoms. The second kappa shape index (κ2) is 6.99. The van der Waals surface area contributed by atoms with Crippen molar-refractivity contribution in [1.82, 2.24) is 5.32 Å². The minimum absolute atomic E-state index is 0. The number of anilines is 1. The van der Waals surface area contributed by atoms with E-state index in [9.17, 15) is 9.90 Å². The third-order valence-corrected chi connectivity index (χ3v) is 4.89. The number of carbonyl (C=O) groups is 1. The van der Waals surface area contributed by atoms with Crippen molar-refractivity contribution >= 4 is 39.9 Å². The summed E-state index contributed by atoms with van der Waals surface area (Å²) in [6, 6.07) is 5.39. The monoisotopic (exact) mass is 374 g/mol. The number of phenolic OH excluding ortho intramolecular Hbond substituents is 1. The largest absolute Gasteiger partial charge is 0.506 e. The van der Waals surface area contributed by atoms with Gasteiger partial charge in [-0.2, -0.15) is 0 Å². The normalized spacial score (nSPS) is 27.6. The molecule has 0 radical (unpaired) electrons. The molecule has 1 aromatic carbocycles. The topological polar surface area (TPSA) is 61.4 Å². The van der Waals surface area contributed by atoms with E-state index in [4.69, 9.17) is 0 Å². The second-order valence-corrected chi connectivity index (χ2v) is 6.67. The molecule has 3 N–H and O–H groups in total. The van der Waals surface area contributed by atoms with Gasteiger partial charge in [-0.15, -0.1) is 12.4 Å². The van der Waals surface area contributed by atoms with Gasteiger partial charge in [0.05, 0.1) is 11.7 Å². The quantitative estimate of drug-likeness (QED) is 0.694. The highest BCUT2D eigenvalue weighted by Gasteiger charge is 2.38. The van der Waals surface area contributed by atoms with Gasteiger partial charge in [0.2, 0.25) is 5.91 Å². The number of nitrogens with one attached hydrogen (secondary N) is 2. The summed E-state index contributed by atoms with van der Waals surface area (Å²) in [4.78, 5) is 12.3. The predicted molar refractivity (Wildman–Crippen MR) is 89.0 cm³/mol. The van der Waals surface area contributed by atoms with Crippen LogP contribution in [0.4, 0.5) is 5.69 Å². The summed E-state index contributed by atoms with van der Waals surface area (Å²) in [6.45, 7) is 0. The van der Waals surface area contributed by atoms with Gasteiger partial charge in [-0.25, -0.2) is 0 Å². The van der Waals surface area contributed by atoms with E-state index in [1.807, 2.05) is 0 Å². The minimum Gasteiger partial charge on any atom is -0.506 e. The maximum atomic E-state index is 12.3. The molecule has 1 aliphatic heterocycles. The molecule has 1 aliphatic carbocycles. The fraction of sp³-hybridized carbons (Fsp3) is 0.533. The Labute approximate surface area is 139 Å². The Hall–Kier alpha value is -0.780. The van der Waals surface area contributed by atoms with E-state index in [1.165, 1.54) is 25.7 Å². The Balaban J connectivity index is 0.00000161. The molecule has 1 aromatic rings. The van der Waals surface area contributed by atoms with E-state index in [2.05, 4.69) is 26.6 Å². The van der Waals surface area contributed by atoms with E-state index in [-0.39, 0.29) is 30.1 Å². The lowest BCUT2D eigenvalue weighted by Gasteiger charge is -2.24. The summed E-state index contributed by atoms with van der Waals surface area (Å²) < 4.78 is 0.832. The zero-order valence-electron chi connectivity index (χ0n) is 11.6. The summed E-state index contributed by atoms with van der Waals surface area (Å²) in [5, 5.41) is 16.0. The molecule has 4 nitrogen and oxygen atoms in total. The highest BCUT2D eigenvalue weighted by molar-refractivity contribution is 9.10. The van der Waals surface area contributed by atoms with Crippen molar-refractivity contribution < 1.29 is 9.90 Å². The lowest BCUT2D eigenvalue weighted by atomic mass is 9.85. The van der Waals surface area contributed by atoms with Crippen molar-refractivity contribution in [1.29, 1.82) is 0 Å². The Morgan fingerprint density at radius 2 is 2.10 bits per heavy atom. The van der Waals surface area contributed by atoms with E-state index in [0.29, 0.717) is 17.6 Å². The van der Waals surface area contributed by atoms with E-state index in [0.717, 1.165) is 10.9 Å². The molecular weight excluding hydrogens is 356 g/mol. The third kappa shape index (κ3) is 3.71. The van der Waals surface area contributed by atoms with Crippen LogP contribution < -0.4 is 10.6 Å². The van der Waals surface area contributed by atoms with Gasteiger partial charge in [-0.05, 0) is 43.4 Å². The molecule has 0 bridgehead atoms. The van der Waals surface area contributed by atoms with Crippen molar-refractivity contribution in [3.05, 3.63) is 22.7 Å². The van der Waals surface area contributed by atoms with Crippen molar-refractivity contribution in [2.45, 2.75) is 44.2 Å². The first kappa shape index (κ1) is 16.6. The SMILES string of the molecule is Cl.O=C(Nc1cc(Br)ccc1O)C1CC2CCCCC2N1. The Morgan fingerprint density at radius 1 is 1.33 bits per heavy atom. The van der Waals surface area contributed by atoms with Crippen molar-refractivity contribution in [3.8, 4) is 5.75 Å². The fourth-order valence-corrected chi connectivity index (χ4v) is 3.71. The summed E-state index contributed by atoms with van der Waals surface area (Å²) in [5.41, 5.74) is 0.459. The maximum absolute atomic E-state index is 12.3. The lowest BCUT2D eigenvalue weighted by molar-refractivity contribution is -0.117. The van der Waals surface area contributed by atoms with Crippen LogP contribution in [0.2, 0.25) is 0 Å². The Morgan fingerprint density at radius 3 is 2.86 bits per heavy atom. The van der Waals surface area contributed by atoms with Crippen LogP contribution in [0.15, 0.2) is 22.7 Å². The molecule has 21 heavy (non-hydrogen) atoms. The van der Waals surface area contributed by atoms with E-state index >= 15 is 0 Å². The van der Waals surface area contributed by atoms with Crippen molar-refractivity contribution in [3.63, 3.8) is 0 Å². The predicted octanol–water partition coefficient (Wildman–Crippen LogP) is 3.44. The molecule has 3 rings (SSSR count). The van der Waals surface area contributed by atoms with Crippen LogP contribution >= 0.6 is 28.3 Å². The van der Waals surface area contributed by atoms with Gasteiger partial charge in [-0.1, -0.05) is 28.8 Å². The summed E-state index contributed by atoms with van der Waals surface area (Å²) >= 11 is 3.34. The second-order valence-electron chi connectivity index (χ2n) is 5.76. The van der Waals surface area contributed by atoms with Gasteiger partial charge in [0.1, 0.15) is 5.75 Å². The van der Waals surface area contributed by atoms with Crippen LogP contribution in [0.25, 0.3) is 0 Å². The van der Waals surface area contributed by atoms with Crippen molar-refractivity contribution in [2.75, 3.05) is 5.32 Å². The number of halogens is 2. The van der Waals surface area contributed by atoms with Gasteiger partial charge in [0.15, 0.2) is 0 Å².